The highest BCUT2D eigenvalue weighted by Gasteiger charge is 2.24. The Morgan fingerprint density at radius 2 is 2.06 bits per heavy atom. The largest absolute Gasteiger partial charge is 0.399 e. The number of benzene rings is 1. The Kier molecular flexibility index (Phi) is 5.36. The summed E-state index contributed by atoms with van der Waals surface area (Å²) in [5.41, 5.74) is 7.78. The van der Waals surface area contributed by atoms with Crippen molar-refractivity contribution < 1.29 is 0 Å². The van der Waals surface area contributed by atoms with Crippen LogP contribution in [0, 0.1) is 11.3 Å². The lowest BCUT2D eigenvalue weighted by Crippen LogP contribution is -2.32. The Balaban J connectivity index is 2.83. The second kappa shape index (κ2) is 6.55. The molecule has 0 aliphatic heterocycles. The van der Waals surface area contributed by atoms with Gasteiger partial charge in [-0.1, -0.05) is 13.8 Å². The van der Waals surface area contributed by atoms with Gasteiger partial charge in [-0.05, 0) is 37.3 Å². The number of thioether (sulfide) groups is 1. The van der Waals surface area contributed by atoms with Gasteiger partial charge in [0.2, 0.25) is 0 Å². The highest BCUT2D eigenvalue weighted by Crippen LogP contribution is 2.31. The van der Waals surface area contributed by atoms with E-state index in [4.69, 9.17) is 11.0 Å². The molecule has 0 radical (unpaired) electrons. The summed E-state index contributed by atoms with van der Waals surface area (Å²) in [7, 11) is 0. The van der Waals surface area contributed by atoms with E-state index >= 15 is 0 Å². The monoisotopic (exact) mass is 263 g/mol. The van der Waals surface area contributed by atoms with Gasteiger partial charge in [-0.15, -0.1) is 0 Å². The first-order valence-electron chi connectivity index (χ1n) is 6.19. The molecule has 0 saturated heterocycles. The Hall–Kier alpha value is -1.34. The first-order chi connectivity index (χ1) is 8.60. The molecule has 1 rings (SSSR count). The molecule has 3 nitrogen and oxygen atoms in total. The van der Waals surface area contributed by atoms with Crippen LogP contribution in [0.4, 0.5) is 11.4 Å². The molecule has 0 unspecified atom stereocenters. The van der Waals surface area contributed by atoms with Gasteiger partial charge in [0.05, 0.1) is 11.3 Å². The van der Waals surface area contributed by atoms with E-state index in [1.54, 1.807) is 6.07 Å². The van der Waals surface area contributed by atoms with E-state index in [1.165, 1.54) is 0 Å². The predicted octanol–water partition coefficient (Wildman–Crippen LogP) is 3.47. The maximum absolute atomic E-state index is 9.09. The van der Waals surface area contributed by atoms with Crippen LogP contribution < -0.4 is 11.1 Å². The third-order valence-electron chi connectivity index (χ3n) is 3.49. The standard InChI is InChI=1S/C14H21N3S/c1-4-14(5-2,18-3)10-17-13-7-6-12(16)8-11(13)9-15/h6-8,17H,4-5,10,16H2,1-3H3. The van der Waals surface area contributed by atoms with Crippen LogP contribution in [-0.4, -0.2) is 17.5 Å². The fourth-order valence-corrected chi connectivity index (χ4v) is 2.72. The molecular weight excluding hydrogens is 242 g/mol. The number of nitrogens with two attached hydrogens (primary N) is 1. The fourth-order valence-electron chi connectivity index (χ4n) is 1.93. The molecule has 0 fully saturated rings. The average Bonchev–Trinajstić information content (AvgIpc) is 2.42. The molecule has 0 aliphatic rings. The number of nitrogen functional groups attached to an aromatic ring is 1. The van der Waals surface area contributed by atoms with Crippen molar-refractivity contribution in [3.05, 3.63) is 23.8 Å². The molecule has 98 valence electrons. The van der Waals surface area contributed by atoms with Crippen LogP contribution in [0.15, 0.2) is 18.2 Å². The molecule has 0 spiro atoms. The Bertz CT molecular complexity index is 425. The second-order valence-electron chi connectivity index (χ2n) is 4.36. The lowest BCUT2D eigenvalue weighted by Gasteiger charge is -2.30. The first kappa shape index (κ1) is 14.7. The molecule has 1 aromatic carbocycles. The van der Waals surface area contributed by atoms with Crippen molar-refractivity contribution in [2.75, 3.05) is 23.9 Å². The number of nitriles is 1. The minimum absolute atomic E-state index is 0.230. The first-order valence-corrected chi connectivity index (χ1v) is 7.42. The van der Waals surface area contributed by atoms with Crippen molar-refractivity contribution in [3.8, 4) is 6.07 Å². The fraction of sp³-hybridized carbons (Fsp3) is 0.500. The van der Waals surface area contributed by atoms with Crippen molar-refractivity contribution in [1.29, 1.82) is 5.26 Å². The topological polar surface area (TPSA) is 61.8 Å². The van der Waals surface area contributed by atoms with Gasteiger partial charge in [0, 0.05) is 17.0 Å². The number of anilines is 2. The molecule has 18 heavy (non-hydrogen) atoms. The van der Waals surface area contributed by atoms with Crippen LogP contribution in [0.2, 0.25) is 0 Å². The number of hydrogen-bond acceptors (Lipinski definition) is 4. The normalized spacial score (nSPS) is 11.0. The second-order valence-corrected chi connectivity index (χ2v) is 5.64. The van der Waals surface area contributed by atoms with E-state index < -0.39 is 0 Å². The van der Waals surface area contributed by atoms with Gasteiger partial charge in [-0.2, -0.15) is 17.0 Å². The molecule has 0 aliphatic carbocycles. The smallest absolute Gasteiger partial charge is 0.101 e. The van der Waals surface area contributed by atoms with E-state index in [9.17, 15) is 0 Å². The van der Waals surface area contributed by atoms with Gasteiger partial charge in [0.25, 0.3) is 0 Å². The lowest BCUT2D eigenvalue weighted by molar-refractivity contribution is 0.574. The summed E-state index contributed by atoms with van der Waals surface area (Å²) in [5.74, 6) is 0. The predicted molar refractivity (Wildman–Crippen MR) is 80.9 cm³/mol. The van der Waals surface area contributed by atoms with Crippen LogP contribution in [0.1, 0.15) is 32.3 Å². The molecule has 0 heterocycles. The van der Waals surface area contributed by atoms with Gasteiger partial charge in [-0.3, -0.25) is 0 Å². The van der Waals surface area contributed by atoms with Crippen molar-refractivity contribution in [1.82, 2.24) is 0 Å². The summed E-state index contributed by atoms with van der Waals surface area (Å²) < 4.78 is 0.230. The maximum Gasteiger partial charge on any atom is 0.101 e. The molecule has 0 amide bonds. The van der Waals surface area contributed by atoms with E-state index in [-0.39, 0.29) is 4.75 Å². The average molecular weight is 263 g/mol. The molecule has 0 saturated carbocycles. The lowest BCUT2D eigenvalue weighted by atomic mass is 10.0. The summed E-state index contributed by atoms with van der Waals surface area (Å²) in [6, 6.07) is 7.59. The molecule has 4 heteroatoms. The summed E-state index contributed by atoms with van der Waals surface area (Å²) in [4.78, 5) is 0. The van der Waals surface area contributed by atoms with Gasteiger partial charge in [0.1, 0.15) is 6.07 Å². The molecule has 0 aromatic heterocycles. The van der Waals surface area contributed by atoms with Crippen LogP contribution >= 0.6 is 11.8 Å². The summed E-state index contributed by atoms with van der Waals surface area (Å²) in [5, 5.41) is 12.5. The Morgan fingerprint density at radius 1 is 1.39 bits per heavy atom. The van der Waals surface area contributed by atoms with Crippen molar-refractivity contribution in [2.45, 2.75) is 31.4 Å². The van der Waals surface area contributed by atoms with Crippen LogP contribution in [0.3, 0.4) is 0 Å². The number of rotatable bonds is 6. The number of hydrogen-bond donors (Lipinski definition) is 2. The minimum Gasteiger partial charge on any atom is -0.399 e. The number of nitrogens with one attached hydrogen (secondary N) is 1. The SMILES string of the molecule is CCC(CC)(CNc1ccc(N)cc1C#N)SC. The van der Waals surface area contributed by atoms with Gasteiger partial charge >= 0.3 is 0 Å². The Morgan fingerprint density at radius 3 is 2.56 bits per heavy atom. The van der Waals surface area contributed by atoms with Crippen molar-refractivity contribution in [3.63, 3.8) is 0 Å². The number of nitrogens with zero attached hydrogens (tertiary/aromatic N) is 1. The van der Waals surface area contributed by atoms with Gasteiger partial charge < -0.3 is 11.1 Å². The summed E-state index contributed by atoms with van der Waals surface area (Å²) in [6.07, 6.45) is 4.35. The summed E-state index contributed by atoms with van der Waals surface area (Å²) >= 11 is 1.88. The van der Waals surface area contributed by atoms with Crippen LogP contribution in [-0.2, 0) is 0 Å². The zero-order valence-corrected chi connectivity index (χ0v) is 12.1. The zero-order valence-electron chi connectivity index (χ0n) is 11.3. The third-order valence-corrected chi connectivity index (χ3v) is 5.07. The van der Waals surface area contributed by atoms with Crippen LogP contribution in [0.25, 0.3) is 0 Å². The highest BCUT2D eigenvalue weighted by molar-refractivity contribution is 8.00. The van der Waals surface area contributed by atoms with E-state index in [2.05, 4.69) is 31.5 Å². The minimum atomic E-state index is 0.230. The molecule has 0 bridgehead atoms. The van der Waals surface area contributed by atoms with E-state index in [0.717, 1.165) is 25.1 Å². The highest BCUT2D eigenvalue weighted by atomic mass is 32.2. The Labute approximate surface area is 114 Å². The third kappa shape index (κ3) is 3.33. The van der Waals surface area contributed by atoms with Crippen molar-refractivity contribution in [2.24, 2.45) is 0 Å². The van der Waals surface area contributed by atoms with Crippen LogP contribution in [0.5, 0.6) is 0 Å². The zero-order chi connectivity index (χ0) is 13.6. The van der Waals surface area contributed by atoms with Gasteiger partial charge in [0.15, 0.2) is 0 Å². The molecule has 3 N–H and O–H groups in total. The quantitative estimate of drug-likeness (QED) is 0.771. The van der Waals surface area contributed by atoms with Gasteiger partial charge in [-0.25, -0.2) is 0 Å². The van der Waals surface area contributed by atoms with Crippen molar-refractivity contribution >= 4 is 23.1 Å². The molecule has 1 aromatic rings. The molecule has 0 atom stereocenters. The van der Waals surface area contributed by atoms with E-state index in [1.807, 2.05) is 23.9 Å². The van der Waals surface area contributed by atoms with E-state index in [0.29, 0.717) is 11.3 Å². The maximum atomic E-state index is 9.09. The molecular formula is C14H21N3S. The summed E-state index contributed by atoms with van der Waals surface area (Å²) in [6.45, 7) is 5.27.